The molecule has 1 aliphatic heterocycles. The summed E-state index contributed by atoms with van der Waals surface area (Å²) in [5.41, 5.74) is 0.155. The highest BCUT2D eigenvalue weighted by Gasteiger charge is 2.45. The molecule has 0 atom stereocenters. The molecular weight excluding hydrogens is 166 g/mol. The van der Waals surface area contributed by atoms with Gasteiger partial charge in [0, 0.05) is 17.4 Å². The average Bonchev–Trinajstić information content (AvgIpc) is 2.77. The maximum Gasteiger partial charge on any atom is 0.225 e. The molecule has 1 amide bonds. The van der Waals surface area contributed by atoms with E-state index in [1.807, 2.05) is 6.92 Å². The van der Waals surface area contributed by atoms with Gasteiger partial charge in [-0.1, -0.05) is 13.8 Å². The maximum atomic E-state index is 11.6. The highest BCUT2D eigenvalue weighted by molar-refractivity contribution is 5.84. The fourth-order valence-electron chi connectivity index (χ4n) is 1.47. The highest BCUT2D eigenvalue weighted by Crippen LogP contribution is 2.45. The lowest BCUT2D eigenvalue weighted by Gasteiger charge is -2.38. The van der Waals surface area contributed by atoms with Crippen molar-refractivity contribution in [3.8, 4) is 0 Å². The lowest BCUT2D eigenvalue weighted by atomic mass is 9.88. The van der Waals surface area contributed by atoms with Crippen LogP contribution in [0.25, 0.3) is 0 Å². The molecule has 2 aliphatic rings. The van der Waals surface area contributed by atoms with Crippen molar-refractivity contribution in [2.45, 2.75) is 26.7 Å². The first-order valence-corrected chi connectivity index (χ1v) is 4.90. The third kappa shape index (κ3) is 1.70. The summed E-state index contributed by atoms with van der Waals surface area (Å²) >= 11 is 0. The Labute approximate surface area is 78.8 Å². The summed E-state index contributed by atoms with van der Waals surface area (Å²) < 4.78 is 5.12. The smallest absolute Gasteiger partial charge is 0.225 e. The van der Waals surface area contributed by atoms with Crippen LogP contribution < -0.4 is 5.32 Å². The standard InChI is InChI=1S/C10H17NO2/c1-9(6-13-7-9)5-11-8(12)10(2)3-4-10/h3-7H2,1-2H3,(H,11,12). The van der Waals surface area contributed by atoms with Crippen LogP contribution in [0, 0.1) is 10.8 Å². The van der Waals surface area contributed by atoms with E-state index in [1.165, 1.54) is 0 Å². The highest BCUT2D eigenvalue weighted by atomic mass is 16.5. The van der Waals surface area contributed by atoms with Crippen molar-refractivity contribution in [3.63, 3.8) is 0 Å². The Balaban J connectivity index is 1.76. The summed E-state index contributed by atoms with van der Waals surface area (Å²) in [5, 5.41) is 3.01. The van der Waals surface area contributed by atoms with Crippen LogP contribution in [0.4, 0.5) is 0 Å². The number of ether oxygens (including phenoxy) is 1. The SMILES string of the molecule is CC1(CNC(=O)C2(C)CC2)COC1. The molecule has 0 aromatic carbocycles. The molecule has 1 heterocycles. The second-order valence-corrected chi connectivity index (χ2v) is 5.05. The van der Waals surface area contributed by atoms with E-state index < -0.39 is 0 Å². The molecule has 1 saturated carbocycles. The van der Waals surface area contributed by atoms with Crippen LogP contribution in [-0.2, 0) is 9.53 Å². The van der Waals surface area contributed by atoms with Crippen LogP contribution in [-0.4, -0.2) is 25.7 Å². The van der Waals surface area contributed by atoms with Gasteiger partial charge in [0.25, 0.3) is 0 Å². The van der Waals surface area contributed by atoms with E-state index in [4.69, 9.17) is 4.74 Å². The molecule has 13 heavy (non-hydrogen) atoms. The van der Waals surface area contributed by atoms with E-state index in [2.05, 4.69) is 12.2 Å². The average molecular weight is 183 g/mol. The zero-order valence-electron chi connectivity index (χ0n) is 8.35. The first-order chi connectivity index (χ1) is 6.04. The summed E-state index contributed by atoms with van der Waals surface area (Å²) in [6.07, 6.45) is 2.10. The quantitative estimate of drug-likeness (QED) is 0.707. The van der Waals surface area contributed by atoms with Crippen LogP contribution in [0.15, 0.2) is 0 Å². The molecular formula is C10H17NO2. The Morgan fingerprint density at radius 2 is 2.00 bits per heavy atom. The van der Waals surface area contributed by atoms with Gasteiger partial charge in [0.15, 0.2) is 0 Å². The Hall–Kier alpha value is -0.570. The summed E-state index contributed by atoms with van der Waals surface area (Å²) in [5.74, 6) is 0.223. The fraction of sp³-hybridized carbons (Fsp3) is 0.900. The number of rotatable bonds is 3. The molecule has 1 aliphatic carbocycles. The van der Waals surface area contributed by atoms with Gasteiger partial charge in [0.2, 0.25) is 5.91 Å². The second-order valence-electron chi connectivity index (χ2n) is 5.05. The number of amides is 1. The molecule has 2 fully saturated rings. The van der Waals surface area contributed by atoms with Gasteiger partial charge in [-0.3, -0.25) is 4.79 Å². The van der Waals surface area contributed by atoms with Gasteiger partial charge < -0.3 is 10.1 Å². The molecule has 1 N–H and O–H groups in total. The van der Waals surface area contributed by atoms with E-state index in [0.29, 0.717) is 0 Å². The monoisotopic (exact) mass is 183 g/mol. The van der Waals surface area contributed by atoms with Gasteiger partial charge in [-0.15, -0.1) is 0 Å². The van der Waals surface area contributed by atoms with E-state index in [9.17, 15) is 4.79 Å². The topological polar surface area (TPSA) is 38.3 Å². The molecule has 0 aromatic rings. The summed E-state index contributed by atoms with van der Waals surface area (Å²) in [6, 6.07) is 0. The van der Waals surface area contributed by atoms with Crippen molar-refractivity contribution in [3.05, 3.63) is 0 Å². The van der Waals surface area contributed by atoms with Crippen molar-refractivity contribution in [1.29, 1.82) is 0 Å². The molecule has 3 nitrogen and oxygen atoms in total. The van der Waals surface area contributed by atoms with Crippen LogP contribution in [0.5, 0.6) is 0 Å². The molecule has 74 valence electrons. The summed E-state index contributed by atoms with van der Waals surface area (Å²) in [4.78, 5) is 11.6. The Bertz CT molecular complexity index is 229. The molecule has 0 bridgehead atoms. The normalized spacial score (nSPS) is 27.5. The van der Waals surface area contributed by atoms with E-state index in [-0.39, 0.29) is 16.7 Å². The predicted octanol–water partition coefficient (Wildman–Crippen LogP) is 0.939. The summed E-state index contributed by atoms with van der Waals surface area (Å²) in [6.45, 7) is 6.50. The molecule has 1 saturated heterocycles. The van der Waals surface area contributed by atoms with Crippen LogP contribution in [0.2, 0.25) is 0 Å². The number of nitrogens with one attached hydrogen (secondary N) is 1. The van der Waals surface area contributed by atoms with Gasteiger partial charge in [-0.25, -0.2) is 0 Å². The van der Waals surface area contributed by atoms with Crippen molar-refractivity contribution in [1.82, 2.24) is 5.32 Å². The minimum atomic E-state index is -0.0407. The van der Waals surface area contributed by atoms with E-state index >= 15 is 0 Å². The first-order valence-electron chi connectivity index (χ1n) is 4.90. The molecule has 0 radical (unpaired) electrons. The van der Waals surface area contributed by atoms with Crippen LogP contribution in [0.3, 0.4) is 0 Å². The second kappa shape index (κ2) is 2.71. The summed E-state index contributed by atoms with van der Waals surface area (Å²) in [7, 11) is 0. The largest absolute Gasteiger partial charge is 0.380 e. The Morgan fingerprint density at radius 1 is 1.38 bits per heavy atom. The third-order valence-corrected chi connectivity index (χ3v) is 3.12. The van der Waals surface area contributed by atoms with E-state index in [1.54, 1.807) is 0 Å². The minimum absolute atomic E-state index is 0.0407. The van der Waals surface area contributed by atoms with Crippen LogP contribution in [0.1, 0.15) is 26.7 Å². The molecule has 0 unspecified atom stereocenters. The third-order valence-electron chi connectivity index (χ3n) is 3.12. The molecule has 0 aromatic heterocycles. The van der Waals surface area contributed by atoms with E-state index in [0.717, 1.165) is 32.6 Å². The van der Waals surface area contributed by atoms with Gasteiger partial charge in [-0.2, -0.15) is 0 Å². The van der Waals surface area contributed by atoms with Crippen molar-refractivity contribution >= 4 is 5.91 Å². The van der Waals surface area contributed by atoms with Crippen molar-refractivity contribution in [2.75, 3.05) is 19.8 Å². The zero-order valence-corrected chi connectivity index (χ0v) is 8.35. The molecule has 0 spiro atoms. The molecule has 2 rings (SSSR count). The number of carbonyl (C=O) groups excluding carboxylic acids is 1. The lowest BCUT2D eigenvalue weighted by molar-refractivity contribution is -0.130. The molecule has 3 heteroatoms. The lowest BCUT2D eigenvalue weighted by Crippen LogP contribution is -2.49. The fourth-order valence-corrected chi connectivity index (χ4v) is 1.47. The Kier molecular flexibility index (Phi) is 1.88. The number of hydrogen-bond donors (Lipinski definition) is 1. The van der Waals surface area contributed by atoms with Crippen LogP contribution >= 0.6 is 0 Å². The minimum Gasteiger partial charge on any atom is -0.380 e. The Morgan fingerprint density at radius 3 is 2.38 bits per heavy atom. The van der Waals surface area contributed by atoms with Gasteiger partial charge in [0.05, 0.1) is 13.2 Å². The number of carbonyl (C=O) groups is 1. The zero-order chi connectivity index (χ0) is 9.53. The van der Waals surface area contributed by atoms with Gasteiger partial charge >= 0.3 is 0 Å². The maximum absolute atomic E-state index is 11.6. The van der Waals surface area contributed by atoms with Gasteiger partial charge in [-0.05, 0) is 12.8 Å². The van der Waals surface area contributed by atoms with Gasteiger partial charge in [0.1, 0.15) is 0 Å². The van der Waals surface area contributed by atoms with Crippen molar-refractivity contribution in [2.24, 2.45) is 10.8 Å². The number of hydrogen-bond acceptors (Lipinski definition) is 2. The van der Waals surface area contributed by atoms with Crippen molar-refractivity contribution < 1.29 is 9.53 Å². The first kappa shape index (κ1) is 9.00. The predicted molar refractivity (Wildman–Crippen MR) is 49.3 cm³/mol.